The first-order valence-corrected chi connectivity index (χ1v) is 5.32. The van der Waals surface area contributed by atoms with Gasteiger partial charge in [-0.15, -0.1) is 0 Å². The molecule has 0 aromatic heterocycles. The third-order valence-corrected chi connectivity index (χ3v) is 3.56. The van der Waals surface area contributed by atoms with Crippen molar-refractivity contribution in [3.63, 3.8) is 0 Å². The van der Waals surface area contributed by atoms with Crippen molar-refractivity contribution in [3.05, 3.63) is 0 Å². The minimum Gasteiger partial charge on any atom is -0.306 e. The number of amides is 2. The third-order valence-electron chi connectivity index (χ3n) is 3.56. The lowest BCUT2D eigenvalue weighted by molar-refractivity contribution is -0.145. The van der Waals surface area contributed by atoms with Crippen LogP contribution in [0.3, 0.4) is 0 Å². The number of piperidine rings is 1. The number of rotatable bonds is 1. The first-order chi connectivity index (χ1) is 7.09. The number of nitrogens with one attached hydrogen (secondary N) is 1. The lowest BCUT2D eigenvalue weighted by atomic mass is 9.77. The monoisotopic (exact) mass is 211 g/mol. The fraction of sp³-hybridized carbons (Fsp3) is 0.800. The van der Waals surface area contributed by atoms with Gasteiger partial charge in [0.2, 0.25) is 5.91 Å². The van der Waals surface area contributed by atoms with Gasteiger partial charge < -0.3 is 4.90 Å². The highest BCUT2D eigenvalue weighted by molar-refractivity contribution is 6.05. The second kappa shape index (κ2) is 3.57. The van der Waals surface area contributed by atoms with Crippen molar-refractivity contribution in [2.75, 3.05) is 27.2 Å². The van der Waals surface area contributed by atoms with Crippen molar-refractivity contribution in [3.8, 4) is 0 Å². The Kier molecular flexibility index (Phi) is 2.52. The summed E-state index contributed by atoms with van der Waals surface area (Å²) in [6.07, 6.45) is 1.97. The Bertz CT molecular complexity index is 295. The Morgan fingerprint density at radius 1 is 1.27 bits per heavy atom. The number of hydrazine groups is 1. The van der Waals surface area contributed by atoms with E-state index >= 15 is 0 Å². The molecule has 15 heavy (non-hydrogen) atoms. The van der Waals surface area contributed by atoms with E-state index in [1.165, 1.54) is 5.01 Å². The van der Waals surface area contributed by atoms with Gasteiger partial charge in [-0.25, -0.2) is 10.4 Å². The summed E-state index contributed by atoms with van der Waals surface area (Å²) in [5.74, 6) is -0.129. The van der Waals surface area contributed by atoms with Crippen molar-refractivity contribution in [1.29, 1.82) is 0 Å². The molecule has 5 heteroatoms. The van der Waals surface area contributed by atoms with Crippen LogP contribution in [-0.4, -0.2) is 48.9 Å². The minimum absolute atomic E-state index is 0.0388. The zero-order chi connectivity index (χ0) is 11.1. The normalized spacial score (nSPS) is 26.7. The summed E-state index contributed by atoms with van der Waals surface area (Å²) in [5, 5.41) is 1.17. The molecular formula is C10H17N3O2. The van der Waals surface area contributed by atoms with Crippen LogP contribution in [0.5, 0.6) is 0 Å². The fourth-order valence-electron chi connectivity index (χ4n) is 2.46. The maximum absolute atomic E-state index is 12.1. The molecule has 1 spiro atoms. The van der Waals surface area contributed by atoms with Gasteiger partial charge in [-0.2, -0.15) is 0 Å². The Labute approximate surface area is 89.4 Å². The first-order valence-electron chi connectivity index (χ1n) is 5.32. The molecule has 2 rings (SSSR count). The first kappa shape index (κ1) is 10.6. The van der Waals surface area contributed by atoms with Crippen LogP contribution in [0.15, 0.2) is 0 Å². The van der Waals surface area contributed by atoms with E-state index in [0.717, 1.165) is 25.9 Å². The van der Waals surface area contributed by atoms with Crippen molar-refractivity contribution < 1.29 is 9.59 Å². The number of nitrogens with zero attached hydrogens (tertiary/aromatic N) is 2. The molecular weight excluding hydrogens is 194 g/mol. The predicted molar refractivity (Wildman–Crippen MR) is 54.7 cm³/mol. The summed E-state index contributed by atoms with van der Waals surface area (Å²) in [4.78, 5) is 25.9. The Morgan fingerprint density at radius 3 is 2.33 bits per heavy atom. The molecule has 2 aliphatic rings. The molecule has 0 unspecified atom stereocenters. The number of hydrogen-bond acceptors (Lipinski definition) is 4. The van der Waals surface area contributed by atoms with E-state index in [9.17, 15) is 9.59 Å². The van der Waals surface area contributed by atoms with Gasteiger partial charge in [0.25, 0.3) is 5.91 Å². The van der Waals surface area contributed by atoms with Crippen LogP contribution in [0.25, 0.3) is 0 Å². The predicted octanol–water partition coefficient (Wildman–Crippen LogP) is -0.408. The van der Waals surface area contributed by atoms with Gasteiger partial charge in [-0.3, -0.25) is 9.59 Å². The standard InChI is InChI=1S/C10H17N3O2/c1-11-13-8(14)7-10(9(13)15)3-5-12(2)6-4-10/h11H,3-7H2,1-2H3. The van der Waals surface area contributed by atoms with E-state index in [1.54, 1.807) is 7.05 Å². The van der Waals surface area contributed by atoms with Crippen LogP contribution in [0, 0.1) is 5.41 Å². The van der Waals surface area contributed by atoms with Crippen molar-refractivity contribution in [1.82, 2.24) is 15.3 Å². The molecule has 2 heterocycles. The van der Waals surface area contributed by atoms with Crippen molar-refractivity contribution >= 4 is 11.8 Å². The summed E-state index contributed by atoms with van der Waals surface area (Å²) in [5.41, 5.74) is 2.26. The summed E-state index contributed by atoms with van der Waals surface area (Å²) < 4.78 is 0. The Hall–Kier alpha value is -0.940. The van der Waals surface area contributed by atoms with Crippen LogP contribution in [0.1, 0.15) is 19.3 Å². The van der Waals surface area contributed by atoms with Crippen LogP contribution in [-0.2, 0) is 9.59 Å². The van der Waals surface area contributed by atoms with Gasteiger partial charge in [0.15, 0.2) is 0 Å². The zero-order valence-corrected chi connectivity index (χ0v) is 9.25. The van der Waals surface area contributed by atoms with E-state index in [-0.39, 0.29) is 11.8 Å². The Morgan fingerprint density at radius 2 is 1.87 bits per heavy atom. The van der Waals surface area contributed by atoms with Crippen LogP contribution < -0.4 is 5.43 Å². The molecule has 0 aromatic carbocycles. The number of imide groups is 1. The maximum Gasteiger partial charge on any atom is 0.250 e. The van der Waals surface area contributed by atoms with Crippen LogP contribution in [0.4, 0.5) is 0 Å². The van der Waals surface area contributed by atoms with Gasteiger partial charge >= 0.3 is 0 Å². The summed E-state index contributed by atoms with van der Waals surface area (Å²) >= 11 is 0. The number of hydrogen-bond donors (Lipinski definition) is 1. The van der Waals surface area contributed by atoms with Gasteiger partial charge in [0.1, 0.15) is 0 Å². The highest BCUT2D eigenvalue weighted by Gasteiger charge is 2.52. The molecule has 0 radical (unpaired) electrons. The van der Waals surface area contributed by atoms with Gasteiger partial charge in [-0.05, 0) is 33.0 Å². The quantitative estimate of drug-likeness (QED) is 0.599. The lowest BCUT2D eigenvalue weighted by Gasteiger charge is -2.35. The van der Waals surface area contributed by atoms with E-state index < -0.39 is 5.41 Å². The highest BCUT2D eigenvalue weighted by atomic mass is 16.2. The van der Waals surface area contributed by atoms with Gasteiger partial charge in [0, 0.05) is 13.5 Å². The summed E-state index contributed by atoms with van der Waals surface area (Å²) in [6.45, 7) is 1.80. The highest BCUT2D eigenvalue weighted by Crippen LogP contribution is 2.41. The molecule has 5 nitrogen and oxygen atoms in total. The van der Waals surface area contributed by atoms with Gasteiger partial charge in [0.05, 0.1) is 5.41 Å². The third kappa shape index (κ3) is 1.55. The second-order valence-electron chi connectivity index (χ2n) is 4.52. The molecule has 2 aliphatic heterocycles. The molecule has 0 atom stereocenters. The summed E-state index contributed by atoms with van der Waals surface area (Å²) in [6, 6.07) is 0. The molecule has 0 aliphatic carbocycles. The minimum atomic E-state index is -0.410. The lowest BCUT2D eigenvalue weighted by Crippen LogP contribution is -2.46. The van der Waals surface area contributed by atoms with Crippen LogP contribution in [0.2, 0.25) is 0 Å². The second-order valence-corrected chi connectivity index (χ2v) is 4.52. The van der Waals surface area contributed by atoms with E-state index in [2.05, 4.69) is 10.3 Å². The largest absolute Gasteiger partial charge is 0.306 e. The average molecular weight is 211 g/mol. The number of likely N-dealkylation sites (tertiary alicyclic amines) is 1. The maximum atomic E-state index is 12.1. The molecule has 0 saturated carbocycles. The SMILES string of the molecule is CNN1C(=O)CC2(CCN(C)CC2)C1=O. The van der Waals surface area contributed by atoms with E-state index in [4.69, 9.17) is 0 Å². The molecule has 84 valence electrons. The molecule has 1 N–H and O–H groups in total. The number of carbonyl (C=O) groups excluding carboxylic acids is 2. The topological polar surface area (TPSA) is 52.7 Å². The zero-order valence-electron chi connectivity index (χ0n) is 9.25. The summed E-state index contributed by atoms with van der Waals surface area (Å²) in [7, 11) is 3.66. The van der Waals surface area contributed by atoms with Crippen molar-refractivity contribution in [2.45, 2.75) is 19.3 Å². The van der Waals surface area contributed by atoms with Gasteiger partial charge in [-0.1, -0.05) is 0 Å². The molecule has 2 fully saturated rings. The Balaban J connectivity index is 2.17. The van der Waals surface area contributed by atoms with Crippen LogP contribution >= 0.6 is 0 Å². The van der Waals surface area contributed by atoms with Crippen molar-refractivity contribution in [2.24, 2.45) is 5.41 Å². The van der Waals surface area contributed by atoms with E-state index in [1.807, 2.05) is 7.05 Å². The smallest absolute Gasteiger partial charge is 0.250 e. The average Bonchev–Trinajstić information content (AvgIpc) is 2.44. The molecule has 0 bridgehead atoms. The molecule has 2 saturated heterocycles. The fourth-order valence-corrected chi connectivity index (χ4v) is 2.46. The molecule has 2 amide bonds. The van der Waals surface area contributed by atoms with E-state index in [0.29, 0.717) is 6.42 Å². The number of carbonyl (C=O) groups is 2. The molecule has 0 aromatic rings.